The summed E-state index contributed by atoms with van der Waals surface area (Å²) in [6.45, 7) is 1.74. The molecule has 92 valence electrons. The van der Waals surface area contributed by atoms with E-state index in [2.05, 4.69) is 10.00 Å². The number of hydrogen-bond acceptors (Lipinski definition) is 4. The summed E-state index contributed by atoms with van der Waals surface area (Å²) in [4.78, 5) is 24.9. The van der Waals surface area contributed by atoms with Crippen LogP contribution in [0.1, 0.15) is 29.2 Å². The highest BCUT2D eigenvalue weighted by molar-refractivity contribution is 5.86. The maximum Gasteiger partial charge on any atom is 0.341 e. The molecule has 0 bridgehead atoms. The first-order chi connectivity index (χ1) is 8.09. The molecular formula is C11H15N3O3. The van der Waals surface area contributed by atoms with Crippen molar-refractivity contribution in [2.24, 2.45) is 0 Å². The molecular weight excluding hydrogens is 222 g/mol. The van der Waals surface area contributed by atoms with Gasteiger partial charge in [0.1, 0.15) is 5.56 Å². The van der Waals surface area contributed by atoms with Crippen LogP contribution in [0.5, 0.6) is 0 Å². The summed E-state index contributed by atoms with van der Waals surface area (Å²) in [6.07, 6.45) is 3.23. The Hall–Kier alpha value is -1.69. The summed E-state index contributed by atoms with van der Waals surface area (Å²) in [7, 11) is 1.98. The highest BCUT2D eigenvalue weighted by atomic mass is 16.4. The van der Waals surface area contributed by atoms with Gasteiger partial charge in [-0.05, 0) is 32.5 Å². The van der Waals surface area contributed by atoms with Crippen molar-refractivity contribution in [3.8, 4) is 0 Å². The van der Waals surface area contributed by atoms with Gasteiger partial charge in [0.05, 0.1) is 6.04 Å². The Morgan fingerprint density at radius 3 is 3.00 bits per heavy atom. The number of carboxylic acid groups (broad SMARTS) is 1. The lowest BCUT2D eigenvalue weighted by Crippen LogP contribution is -2.40. The van der Waals surface area contributed by atoms with E-state index >= 15 is 0 Å². The summed E-state index contributed by atoms with van der Waals surface area (Å²) >= 11 is 0. The van der Waals surface area contributed by atoms with Crippen molar-refractivity contribution >= 4 is 5.97 Å². The van der Waals surface area contributed by atoms with Gasteiger partial charge in [0.2, 0.25) is 0 Å². The van der Waals surface area contributed by atoms with Crippen LogP contribution >= 0.6 is 0 Å². The molecule has 1 saturated heterocycles. The van der Waals surface area contributed by atoms with Crippen molar-refractivity contribution in [2.75, 3.05) is 20.1 Å². The summed E-state index contributed by atoms with van der Waals surface area (Å²) in [5.41, 5.74) is -0.728. The number of aromatic nitrogens is 2. The maximum absolute atomic E-state index is 11.9. The monoisotopic (exact) mass is 237 g/mol. The Kier molecular flexibility index (Phi) is 3.23. The number of carbonyl (C=O) groups is 1. The fourth-order valence-corrected chi connectivity index (χ4v) is 2.19. The molecule has 6 nitrogen and oxygen atoms in total. The molecule has 1 atom stereocenters. The molecule has 0 radical (unpaired) electrons. The number of piperidine rings is 1. The van der Waals surface area contributed by atoms with Gasteiger partial charge in [-0.25, -0.2) is 9.48 Å². The Morgan fingerprint density at radius 2 is 2.35 bits per heavy atom. The van der Waals surface area contributed by atoms with Crippen molar-refractivity contribution in [3.05, 3.63) is 28.2 Å². The molecule has 1 aromatic rings. The molecule has 1 aliphatic heterocycles. The first-order valence-electron chi connectivity index (χ1n) is 5.59. The van der Waals surface area contributed by atoms with E-state index in [1.807, 2.05) is 7.05 Å². The van der Waals surface area contributed by atoms with Crippen LogP contribution in [-0.2, 0) is 0 Å². The van der Waals surface area contributed by atoms with E-state index in [1.165, 1.54) is 16.9 Å². The smallest absolute Gasteiger partial charge is 0.341 e. The third kappa shape index (κ3) is 2.36. The van der Waals surface area contributed by atoms with Crippen LogP contribution in [0.2, 0.25) is 0 Å². The fourth-order valence-electron chi connectivity index (χ4n) is 2.19. The van der Waals surface area contributed by atoms with Gasteiger partial charge < -0.3 is 10.0 Å². The second-order valence-electron chi connectivity index (χ2n) is 4.36. The minimum absolute atomic E-state index is 0.0273. The Balaban J connectivity index is 2.35. The second kappa shape index (κ2) is 4.67. The minimum Gasteiger partial charge on any atom is -0.477 e. The topological polar surface area (TPSA) is 75.4 Å². The quantitative estimate of drug-likeness (QED) is 0.795. The number of likely N-dealkylation sites (N-methyl/N-ethyl adjacent to an activating group) is 1. The lowest BCUT2D eigenvalue weighted by molar-refractivity contribution is 0.0692. The third-order valence-electron chi connectivity index (χ3n) is 3.05. The molecule has 17 heavy (non-hydrogen) atoms. The number of likely N-dealkylation sites (tertiary alicyclic amines) is 1. The maximum atomic E-state index is 11.9. The SMILES string of the molecule is CN1CCC[C@H](n2nccc(C(=O)O)c2=O)C1. The molecule has 1 fully saturated rings. The standard InChI is InChI=1S/C11H15N3O3/c1-13-6-2-3-8(7-13)14-10(15)9(11(16)17)4-5-12-14/h4-5,8H,2-3,6-7H2,1H3,(H,16,17)/t8-/m0/s1. The zero-order valence-electron chi connectivity index (χ0n) is 9.67. The van der Waals surface area contributed by atoms with Crippen LogP contribution in [0.3, 0.4) is 0 Å². The van der Waals surface area contributed by atoms with Gasteiger partial charge >= 0.3 is 5.97 Å². The molecule has 0 aromatic carbocycles. The molecule has 0 aliphatic carbocycles. The van der Waals surface area contributed by atoms with Gasteiger partial charge in [0.25, 0.3) is 5.56 Å². The lowest BCUT2D eigenvalue weighted by atomic mass is 10.1. The number of rotatable bonds is 2. The zero-order valence-corrected chi connectivity index (χ0v) is 9.67. The van der Waals surface area contributed by atoms with Crippen molar-refractivity contribution in [2.45, 2.75) is 18.9 Å². The first kappa shape index (κ1) is 11.8. The van der Waals surface area contributed by atoms with Gasteiger partial charge in [0.15, 0.2) is 0 Å². The molecule has 0 saturated carbocycles. The predicted molar refractivity (Wildman–Crippen MR) is 61.2 cm³/mol. The third-order valence-corrected chi connectivity index (χ3v) is 3.05. The Labute approximate surface area is 98.5 Å². The zero-order chi connectivity index (χ0) is 12.4. The molecule has 2 rings (SSSR count). The van der Waals surface area contributed by atoms with Crippen molar-refractivity contribution in [3.63, 3.8) is 0 Å². The van der Waals surface area contributed by atoms with E-state index in [9.17, 15) is 9.59 Å². The van der Waals surface area contributed by atoms with Crippen LogP contribution in [0.4, 0.5) is 0 Å². The molecule has 2 heterocycles. The fraction of sp³-hybridized carbons (Fsp3) is 0.545. The normalized spacial score (nSPS) is 21.4. The lowest BCUT2D eigenvalue weighted by Gasteiger charge is -2.29. The van der Waals surface area contributed by atoms with Crippen molar-refractivity contribution in [1.82, 2.24) is 14.7 Å². The molecule has 0 spiro atoms. The van der Waals surface area contributed by atoms with E-state index in [1.54, 1.807) is 0 Å². The van der Waals surface area contributed by atoms with Crippen LogP contribution in [0, 0.1) is 0 Å². The van der Waals surface area contributed by atoms with E-state index < -0.39 is 11.5 Å². The molecule has 0 amide bonds. The summed E-state index contributed by atoms with van der Waals surface area (Å²) in [6, 6.07) is 1.22. The Bertz CT molecular complexity index is 483. The molecule has 0 unspecified atom stereocenters. The Morgan fingerprint density at radius 1 is 1.59 bits per heavy atom. The molecule has 6 heteroatoms. The molecule has 1 aromatic heterocycles. The van der Waals surface area contributed by atoms with E-state index in [-0.39, 0.29) is 11.6 Å². The minimum atomic E-state index is -1.20. The summed E-state index contributed by atoms with van der Waals surface area (Å²) in [5, 5.41) is 12.9. The van der Waals surface area contributed by atoms with E-state index in [0.717, 1.165) is 25.9 Å². The van der Waals surface area contributed by atoms with Gasteiger partial charge in [-0.2, -0.15) is 5.10 Å². The summed E-state index contributed by atoms with van der Waals surface area (Å²) < 4.78 is 1.30. The largest absolute Gasteiger partial charge is 0.477 e. The number of carboxylic acids is 1. The van der Waals surface area contributed by atoms with E-state index in [0.29, 0.717) is 0 Å². The number of aromatic carboxylic acids is 1. The predicted octanol–water partition coefficient (Wildman–Crippen LogP) is 0.208. The van der Waals surface area contributed by atoms with Crippen molar-refractivity contribution in [1.29, 1.82) is 0 Å². The summed E-state index contributed by atoms with van der Waals surface area (Å²) in [5.74, 6) is -1.20. The highest BCUT2D eigenvalue weighted by Crippen LogP contribution is 2.17. The van der Waals surface area contributed by atoms with Crippen molar-refractivity contribution < 1.29 is 9.90 Å². The number of nitrogens with zero attached hydrogens (tertiary/aromatic N) is 3. The van der Waals surface area contributed by atoms with Gasteiger partial charge in [-0.15, -0.1) is 0 Å². The first-order valence-corrected chi connectivity index (χ1v) is 5.59. The van der Waals surface area contributed by atoms with E-state index in [4.69, 9.17) is 5.11 Å². The van der Waals surface area contributed by atoms with Gasteiger partial charge in [0, 0.05) is 12.7 Å². The molecule has 1 N–H and O–H groups in total. The van der Waals surface area contributed by atoms with Gasteiger partial charge in [-0.1, -0.05) is 0 Å². The van der Waals surface area contributed by atoms with Crippen LogP contribution in [0.25, 0.3) is 0 Å². The van der Waals surface area contributed by atoms with Crippen LogP contribution in [-0.4, -0.2) is 45.9 Å². The second-order valence-corrected chi connectivity index (χ2v) is 4.36. The average molecular weight is 237 g/mol. The average Bonchev–Trinajstić information content (AvgIpc) is 2.29. The van der Waals surface area contributed by atoms with Gasteiger partial charge in [-0.3, -0.25) is 4.79 Å². The highest BCUT2D eigenvalue weighted by Gasteiger charge is 2.22. The molecule has 1 aliphatic rings. The van der Waals surface area contributed by atoms with Crippen LogP contribution in [0.15, 0.2) is 17.1 Å². The number of hydrogen-bond donors (Lipinski definition) is 1. The van der Waals surface area contributed by atoms with Crippen LogP contribution < -0.4 is 5.56 Å².